The fourth-order valence-electron chi connectivity index (χ4n) is 1.54. The molecule has 1 aromatic rings. The lowest BCUT2D eigenvalue weighted by molar-refractivity contribution is -0.147. The van der Waals surface area contributed by atoms with E-state index in [1.807, 2.05) is 6.07 Å². The van der Waals surface area contributed by atoms with Crippen LogP contribution in [0.5, 0.6) is 0 Å². The molecule has 0 aliphatic carbocycles. The van der Waals surface area contributed by atoms with E-state index < -0.39 is 23.3 Å². The Bertz CT molecular complexity index is 415. The highest BCUT2D eigenvalue weighted by molar-refractivity contribution is 6.02. The molecule has 1 unspecified atom stereocenters. The van der Waals surface area contributed by atoms with E-state index in [0.29, 0.717) is 0 Å². The average molecular weight is 236 g/mol. The summed E-state index contributed by atoms with van der Waals surface area (Å²) in [5, 5.41) is 8.75. The van der Waals surface area contributed by atoms with Crippen molar-refractivity contribution in [3.05, 3.63) is 35.9 Å². The molecule has 1 rings (SSSR count). The van der Waals surface area contributed by atoms with Gasteiger partial charge in [0.2, 0.25) is 0 Å². The zero-order chi connectivity index (χ0) is 13.1. The highest BCUT2D eigenvalue weighted by Crippen LogP contribution is 2.12. The number of hydrogen-bond acceptors (Lipinski definition) is 4. The molecule has 0 fully saturated rings. The summed E-state index contributed by atoms with van der Waals surface area (Å²) in [4.78, 5) is 22.5. The van der Waals surface area contributed by atoms with Crippen molar-refractivity contribution in [1.82, 2.24) is 0 Å². The van der Waals surface area contributed by atoms with Gasteiger partial charge in [-0.1, -0.05) is 30.3 Å². The van der Waals surface area contributed by atoms with Crippen LogP contribution in [0.3, 0.4) is 0 Å². The maximum Gasteiger partial charge on any atom is 0.313 e. The number of hydrogen-bond donors (Lipinski definition) is 3. The van der Waals surface area contributed by atoms with Gasteiger partial charge in [-0.25, -0.2) is 0 Å². The van der Waals surface area contributed by atoms with Crippen molar-refractivity contribution in [3.63, 3.8) is 0 Å². The van der Waals surface area contributed by atoms with Gasteiger partial charge in [0, 0.05) is 6.42 Å². The van der Waals surface area contributed by atoms with Crippen molar-refractivity contribution in [3.8, 4) is 0 Å². The molecule has 0 spiro atoms. The number of carboxylic acids is 1. The molecule has 0 aliphatic rings. The molecule has 0 amide bonds. The smallest absolute Gasteiger partial charge is 0.313 e. The van der Waals surface area contributed by atoms with Crippen LogP contribution >= 0.6 is 0 Å². The largest absolute Gasteiger partial charge is 0.481 e. The summed E-state index contributed by atoms with van der Waals surface area (Å²) in [7, 11) is 0. The van der Waals surface area contributed by atoms with Gasteiger partial charge in [-0.2, -0.15) is 0 Å². The van der Waals surface area contributed by atoms with Gasteiger partial charge in [0.1, 0.15) is 11.6 Å². The predicted octanol–water partition coefficient (Wildman–Crippen LogP) is 0.133. The van der Waals surface area contributed by atoms with Crippen molar-refractivity contribution >= 4 is 11.8 Å². The van der Waals surface area contributed by atoms with Crippen molar-refractivity contribution in [1.29, 1.82) is 0 Å². The Morgan fingerprint density at radius 2 is 1.82 bits per heavy atom. The second-order valence-electron chi connectivity index (χ2n) is 4.13. The third-order valence-electron chi connectivity index (χ3n) is 2.56. The van der Waals surface area contributed by atoms with E-state index in [1.165, 1.54) is 6.92 Å². The molecule has 0 aromatic heterocycles. The number of nitrogens with two attached hydrogens (primary N) is 2. The van der Waals surface area contributed by atoms with Gasteiger partial charge < -0.3 is 16.6 Å². The first kappa shape index (κ1) is 13.3. The van der Waals surface area contributed by atoms with E-state index in [1.54, 1.807) is 24.3 Å². The maximum atomic E-state index is 11.8. The molecule has 92 valence electrons. The van der Waals surface area contributed by atoms with Crippen molar-refractivity contribution in [2.45, 2.75) is 19.0 Å². The molecular formula is C12H16N2O3. The van der Waals surface area contributed by atoms with Crippen LogP contribution in [0.15, 0.2) is 30.3 Å². The predicted molar refractivity (Wildman–Crippen MR) is 63.1 cm³/mol. The number of aliphatic carboxylic acids is 1. The number of ketones is 1. The normalized spacial score (nSPS) is 13.1. The van der Waals surface area contributed by atoms with Crippen molar-refractivity contribution in [2.24, 2.45) is 17.4 Å². The second kappa shape index (κ2) is 5.07. The summed E-state index contributed by atoms with van der Waals surface area (Å²) in [5.41, 5.74) is 10.5. The Morgan fingerprint density at radius 3 is 2.29 bits per heavy atom. The van der Waals surface area contributed by atoms with Crippen LogP contribution in [0.2, 0.25) is 0 Å². The molecule has 1 atom stereocenters. The van der Waals surface area contributed by atoms with Gasteiger partial charge in [0.05, 0.1) is 0 Å². The van der Waals surface area contributed by atoms with E-state index >= 15 is 0 Å². The summed E-state index contributed by atoms with van der Waals surface area (Å²) in [6.45, 7) is 1.28. The molecule has 17 heavy (non-hydrogen) atoms. The van der Waals surface area contributed by atoms with Crippen molar-refractivity contribution in [2.75, 3.05) is 0 Å². The molecule has 0 saturated carbocycles. The summed E-state index contributed by atoms with van der Waals surface area (Å²) >= 11 is 0. The van der Waals surface area contributed by atoms with Gasteiger partial charge in [-0.05, 0) is 12.5 Å². The Morgan fingerprint density at radius 1 is 1.29 bits per heavy atom. The molecule has 0 heterocycles. The number of carbonyl (C=O) groups excluding carboxylic acids is 1. The van der Waals surface area contributed by atoms with E-state index in [-0.39, 0.29) is 6.42 Å². The van der Waals surface area contributed by atoms with Gasteiger partial charge >= 0.3 is 5.97 Å². The molecule has 5 nitrogen and oxygen atoms in total. The summed E-state index contributed by atoms with van der Waals surface area (Å²) in [6.07, 6.45) is 0.115. The lowest BCUT2D eigenvalue weighted by Crippen LogP contribution is -2.60. The average Bonchev–Trinajstić information content (AvgIpc) is 2.27. The number of rotatable bonds is 5. The molecule has 1 aromatic carbocycles. The number of carboxylic acid groups (broad SMARTS) is 1. The van der Waals surface area contributed by atoms with Gasteiger partial charge in [-0.15, -0.1) is 0 Å². The first-order valence-corrected chi connectivity index (χ1v) is 5.23. The minimum absolute atomic E-state index is 0.115. The van der Waals surface area contributed by atoms with Crippen LogP contribution in [-0.2, 0) is 16.0 Å². The topological polar surface area (TPSA) is 106 Å². The van der Waals surface area contributed by atoms with E-state index in [4.69, 9.17) is 16.6 Å². The van der Waals surface area contributed by atoms with Crippen LogP contribution in [0.1, 0.15) is 12.5 Å². The van der Waals surface area contributed by atoms with Crippen LogP contribution in [0, 0.1) is 5.92 Å². The fourth-order valence-corrected chi connectivity index (χ4v) is 1.54. The molecule has 0 bridgehead atoms. The summed E-state index contributed by atoms with van der Waals surface area (Å²) < 4.78 is 0. The Hall–Kier alpha value is -1.72. The van der Waals surface area contributed by atoms with Crippen LogP contribution < -0.4 is 11.5 Å². The fraction of sp³-hybridized carbons (Fsp3) is 0.333. The Balaban J connectivity index is 2.82. The zero-order valence-electron chi connectivity index (χ0n) is 9.59. The Kier molecular flexibility index (Phi) is 3.98. The highest BCUT2D eigenvalue weighted by atomic mass is 16.4. The van der Waals surface area contributed by atoms with Crippen LogP contribution in [-0.4, -0.2) is 22.5 Å². The number of benzene rings is 1. The minimum atomic E-state index is -1.65. The maximum absolute atomic E-state index is 11.8. The SMILES string of the molecule is CC(C(=O)O)C(=O)C(N)(N)Cc1ccccc1. The highest BCUT2D eigenvalue weighted by Gasteiger charge is 2.36. The first-order valence-electron chi connectivity index (χ1n) is 5.23. The minimum Gasteiger partial charge on any atom is -0.481 e. The van der Waals surface area contributed by atoms with Crippen molar-refractivity contribution < 1.29 is 14.7 Å². The first-order chi connectivity index (χ1) is 7.84. The lowest BCUT2D eigenvalue weighted by atomic mass is 9.90. The third kappa shape index (κ3) is 3.37. The molecular weight excluding hydrogens is 220 g/mol. The van der Waals surface area contributed by atoms with E-state index in [2.05, 4.69) is 0 Å². The van der Waals surface area contributed by atoms with Gasteiger partial charge in [0.25, 0.3) is 0 Å². The second-order valence-corrected chi connectivity index (χ2v) is 4.13. The molecule has 0 aliphatic heterocycles. The Labute approximate surface area is 99.4 Å². The third-order valence-corrected chi connectivity index (χ3v) is 2.56. The quantitative estimate of drug-likeness (QED) is 0.497. The number of Topliss-reactive ketones (excluding diaryl/α,β-unsaturated/α-hetero) is 1. The monoisotopic (exact) mass is 236 g/mol. The van der Waals surface area contributed by atoms with Gasteiger partial charge in [-0.3, -0.25) is 9.59 Å². The zero-order valence-corrected chi connectivity index (χ0v) is 9.59. The molecule has 0 radical (unpaired) electrons. The van der Waals surface area contributed by atoms with Crippen LogP contribution in [0.25, 0.3) is 0 Å². The lowest BCUT2D eigenvalue weighted by Gasteiger charge is -2.24. The van der Waals surface area contributed by atoms with Gasteiger partial charge in [0.15, 0.2) is 5.78 Å². The van der Waals surface area contributed by atoms with E-state index in [0.717, 1.165) is 5.56 Å². The number of carbonyl (C=O) groups is 2. The summed E-state index contributed by atoms with van der Waals surface area (Å²) in [6, 6.07) is 9.01. The molecule has 5 heteroatoms. The van der Waals surface area contributed by atoms with E-state index in [9.17, 15) is 9.59 Å². The molecule has 0 saturated heterocycles. The summed E-state index contributed by atoms with van der Waals surface area (Å²) in [5.74, 6) is -3.09. The standard InChI is InChI=1S/C12H16N2O3/c1-8(11(16)17)10(15)12(13,14)7-9-5-3-2-4-6-9/h2-6,8H,7,13-14H2,1H3,(H,16,17). The molecule has 5 N–H and O–H groups in total. The van der Waals surface area contributed by atoms with Crippen LogP contribution in [0.4, 0.5) is 0 Å².